The predicted molar refractivity (Wildman–Crippen MR) is 103 cm³/mol. The van der Waals surface area contributed by atoms with Gasteiger partial charge in [0.15, 0.2) is 0 Å². The molecule has 2 amide bonds. The number of rotatable bonds is 4. The number of carbonyl (C=O) groups is 2. The van der Waals surface area contributed by atoms with Crippen molar-refractivity contribution >= 4 is 23.2 Å². The highest BCUT2D eigenvalue weighted by molar-refractivity contribution is 6.09. The number of para-hydroxylation sites is 1. The fourth-order valence-electron chi connectivity index (χ4n) is 2.48. The molecule has 0 fully saturated rings. The zero-order valence-corrected chi connectivity index (χ0v) is 14.6. The maximum Gasteiger partial charge on any atom is 0.259 e. The molecule has 0 saturated heterocycles. The standard InChI is InChI=1S/C21H19N3O2/c1-15-8-10-18(11-9-15)23-20(25)16-12-17(14-22-13-16)21(26)24(2)19-6-4-3-5-7-19/h3-14H,1-2H3,(H,23,25). The lowest BCUT2D eigenvalue weighted by Crippen LogP contribution is -2.26. The maximum absolute atomic E-state index is 12.7. The van der Waals surface area contributed by atoms with Gasteiger partial charge in [-0.2, -0.15) is 0 Å². The first-order chi connectivity index (χ1) is 12.5. The lowest BCUT2D eigenvalue weighted by atomic mass is 10.1. The van der Waals surface area contributed by atoms with Crippen LogP contribution in [0, 0.1) is 6.92 Å². The van der Waals surface area contributed by atoms with E-state index < -0.39 is 0 Å². The molecule has 3 rings (SSSR count). The van der Waals surface area contributed by atoms with Crippen LogP contribution in [0.3, 0.4) is 0 Å². The van der Waals surface area contributed by atoms with Crippen LogP contribution < -0.4 is 10.2 Å². The van der Waals surface area contributed by atoms with Gasteiger partial charge in [-0.3, -0.25) is 14.6 Å². The van der Waals surface area contributed by atoms with Gasteiger partial charge in [-0.25, -0.2) is 0 Å². The molecule has 0 bridgehead atoms. The number of aromatic nitrogens is 1. The van der Waals surface area contributed by atoms with Crippen molar-refractivity contribution < 1.29 is 9.59 Å². The molecule has 5 heteroatoms. The first-order valence-electron chi connectivity index (χ1n) is 8.21. The lowest BCUT2D eigenvalue weighted by Gasteiger charge is -2.17. The van der Waals surface area contributed by atoms with Crippen LogP contribution >= 0.6 is 0 Å². The molecule has 26 heavy (non-hydrogen) atoms. The van der Waals surface area contributed by atoms with E-state index in [-0.39, 0.29) is 11.8 Å². The number of carbonyl (C=O) groups excluding carboxylic acids is 2. The van der Waals surface area contributed by atoms with Crippen molar-refractivity contribution in [3.05, 3.63) is 89.7 Å². The second kappa shape index (κ2) is 7.61. The van der Waals surface area contributed by atoms with Gasteiger partial charge in [0, 0.05) is 30.8 Å². The summed E-state index contributed by atoms with van der Waals surface area (Å²) in [5.41, 5.74) is 3.26. The fraction of sp³-hybridized carbons (Fsp3) is 0.0952. The Hall–Kier alpha value is -3.47. The normalized spacial score (nSPS) is 10.2. The Morgan fingerprint density at radius 2 is 1.58 bits per heavy atom. The summed E-state index contributed by atoms with van der Waals surface area (Å²) in [6.45, 7) is 1.98. The number of pyridine rings is 1. The second-order valence-electron chi connectivity index (χ2n) is 5.98. The molecule has 0 saturated carbocycles. The largest absolute Gasteiger partial charge is 0.322 e. The number of hydrogen-bond donors (Lipinski definition) is 1. The molecule has 5 nitrogen and oxygen atoms in total. The molecule has 1 aromatic heterocycles. The summed E-state index contributed by atoms with van der Waals surface area (Å²) in [5, 5.41) is 2.81. The molecular formula is C21H19N3O2. The van der Waals surface area contributed by atoms with Gasteiger partial charge in [0.05, 0.1) is 11.1 Å². The van der Waals surface area contributed by atoms with Gasteiger partial charge < -0.3 is 10.2 Å². The first kappa shape index (κ1) is 17.4. The van der Waals surface area contributed by atoms with Gasteiger partial charge in [-0.05, 0) is 37.3 Å². The van der Waals surface area contributed by atoms with Crippen molar-refractivity contribution in [2.24, 2.45) is 0 Å². The van der Waals surface area contributed by atoms with E-state index in [2.05, 4.69) is 10.3 Å². The third-order valence-corrected chi connectivity index (χ3v) is 4.00. The number of aryl methyl sites for hydroxylation is 1. The average Bonchev–Trinajstić information content (AvgIpc) is 2.69. The first-order valence-corrected chi connectivity index (χ1v) is 8.21. The van der Waals surface area contributed by atoms with E-state index in [0.29, 0.717) is 16.8 Å². The number of hydrogen-bond acceptors (Lipinski definition) is 3. The van der Waals surface area contributed by atoms with Crippen molar-refractivity contribution in [2.45, 2.75) is 6.92 Å². The molecule has 3 aromatic rings. The highest BCUT2D eigenvalue weighted by Crippen LogP contribution is 2.16. The molecule has 1 heterocycles. The minimum atomic E-state index is -0.307. The summed E-state index contributed by atoms with van der Waals surface area (Å²) >= 11 is 0. The zero-order chi connectivity index (χ0) is 18.5. The molecule has 0 aliphatic rings. The molecule has 0 unspecified atom stereocenters. The highest BCUT2D eigenvalue weighted by atomic mass is 16.2. The Balaban J connectivity index is 1.78. The van der Waals surface area contributed by atoms with Crippen molar-refractivity contribution in [2.75, 3.05) is 17.3 Å². The number of nitrogens with one attached hydrogen (secondary N) is 1. The van der Waals surface area contributed by atoms with Crippen molar-refractivity contribution in [1.82, 2.24) is 4.98 Å². The monoisotopic (exact) mass is 345 g/mol. The molecule has 1 N–H and O–H groups in total. The summed E-state index contributed by atoms with van der Waals surface area (Å²) in [4.78, 5) is 30.7. The Morgan fingerprint density at radius 3 is 2.27 bits per heavy atom. The molecule has 0 aliphatic heterocycles. The highest BCUT2D eigenvalue weighted by Gasteiger charge is 2.16. The average molecular weight is 345 g/mol. The zero-order valence-electron chi connectivity index (χ0n) is 14.6. The summed E-state index contributed by atoms with van der Waals surface area (Å²) in [6, 6.07) is 18.4. The van der Waals surface area contributed by atoms with Gasteiger partial charge in [0.25, 0.3) is 11.8 Å². The second-order valence-corrected chi connectivity index (χ2v) is 5.98. The molecule has 0 aliphatic carbocycles. The minimum absolute atomic E-state index is 0.228. The Kier molecular flexibility index (Phi) is 5.08. The predicted octanol–water partition coefficient (Wildman–Crippen LogP) is 3.92. The van der Waals surface area contributed by atoms with E-state index in [0.717, 1.165) is 11.3 Å². The van der Waals surface area contributed by atoms with E-state index in [1.165, 1.54) is 17.3 Å². The van der Waals surface area contributed by atoms with Gasteiger partial charge in [0.2, 0.25) is 0 Å². The summed E-state index contributed by atoms with van der Waals surface area (Å²) in [5.74, 6) is -0.535. The Bertz CT molecular complexity index is 922. The summed E-state index contributed by atoms with van der Waals surface area (Å²) < 4.78 is 0. The fourth-order valence-corrected chi connectivity index (χ4v) is 2.48. The SMILES string of the molecule is Cc1ccc(NC(=O)c2cncc(C(=O)N(C)c3ccccc3)c2)cc1. The smallest absolute Gasteiger partial charge is 0.259 e. The molecule has 0 radical (unpaired) electrons. The van der Waals surface area contributed by atoms with Crippen molar-refractivity contribution in [3.63, 3.8) is 0 Å². The third kappa shape index (κ3) is 3.95. The van der Waals surface area contributed by atoms with Crippen molar-refractivity contribution in [3.8, 4) is 0 Å². The molecular weight excluding hydrogens is 326 g/mol. The molecule has 0 spiro atoms. The number of amides is 2. The van der Waals surface area contributed by atoms with Crippen LogP contribution in [0.4, 0.5) is 11.4 Å². The molecule has 2 aromatic carbocycles. The molecule has 130 valence electrons. The Morgan fingerprint density at radius 1 is 0.923 bits per heavy atom. The quantitative estimate of drug-likeness (QED) is 0.779. The summed E-state index contributed by atoms with van der Waals surface area (Å²) in [6.07, 6.45) is 2.91. The van der Waals surface area contributed by atoms with Crippen LogP contribution in [-0.4, -0.2) is 23.8 Å². The van der Waals surface area contributed by atoms with Gasteiger partial charge in [-0.1, -0.05) is 35.9 Å². The van der Waals surface area contributed by atoms with E-state index in [4.69, 9.17) is 0 Å². The maximum atomic E-state index is 12.7. The van der Waals surface area contributed by atoms with Gasteiger partial charge in [-0.15, -0.1) is 0 Å². The number of anilines is 2. The topological polar surface area (TPSA) is 62.3 Å². The van der Waals surface area contributed by atoms with Crippen LogP contribution in [0.15, 0.2) is 73.1 Å². The number of nitrogens with zero attached hydrogens (tertiary/aromatic N) is 2. The van der Waals surface area contributed by atoms with Crippen LogP contribution in [0.5, 0.6) is 0 Å². The van der Waals surface area contributed by atoms with Crippen molar-refractivity contribution in [1.29, 1.82) is 0 Å². The van der Waals surface area contributed by atoms with Gasteiger partial charge >= 0.3 is 0 Å². The summed E-state index contributed by atoms with van der Waals surface area (Å²) in [7, 11) is 1.69. The van der Waals surface area contributed by atoms with Crippen LogP contribution in [-0.2, 0) is 0 Å². The van der Waals surface area contributed by atoms with E-state index in [1.54, 1.807) is 13.1 Å². The van der Waals surface area contributed by atoms with Crippen LogP contribution in [0.2, 0.25) is 0 Å². The van der Waals surface area contributed by atoms with Crippen LogP contribution in [0.1, 0.15) is 26.3 Å². The van der Waals surface area contributed by atoms with E-state index in [9.17, 15) is 9.59 Å². The third-order valence-electron chi connectivity index (χ3n) is 4.00. The van der Waals surface area contributed by atoms with E-state index in [1.807, 2.05) is 61.5 Å². The van der Waals surface area contributed by atoms with Gasteiger partial charge in [0.1, 0.15) is 0 Å². The van der Waals surface area contributed by atoms with Crippen LogP contribution in [0.25, 0.3) is 0 Å². The number of benzene rings is 2. The van der Waals surface area contributed by atoms with E-state index >= 15 is 0 Å². The Labute approximate surface area is 152 Å². The lowest BCUT2D eigenvalue weighted by molar-refractivity contribution is 0.0992. The minimum Gasteiger partial charge on any atom is -0.322 e. The molecule has 0 atom stereocenters.